The fourth-order valence-corrected chi connectivity index (χ4v) is 2.20. The van der Waals surface area contributed by atoms with Crippen LogP contribution in [0.25, 0.3) is 0 Å². The van der Waals surface area contributed by atoms with Gasteiger partial charge in [0.25, 0.3) is 0 Å². The molecule has 0 aliphatic heterocycles. The second-order valence-electron chi connectivity index (χ2n) is 5.03. The van der Waals surface area contributed by atoms with Crippen LogP contribution in [0.4, 0.5) is 5.69 Å². The summed E-state index contributed by atoms with van der Waals surface area (Å²) in [6.45, 7) is 3.20. The third kappa shape index (κ3) is 6.27. The highest BCUT2D eigenvalue weighted by Crippen LogP contribution is 2.20. The number of halogens is 1. The van der Waals surface area contributed by atoms with Gasteiger partial charge >= 0.3 is 0 Å². The van der Waals surface area contributed by atoms with Gasteiger partial charge in [0.1, 0.15) is 0 Å². The van der Waals surface area contributed by atoms with Crippen molar-refractivity contribution in [1.29, 1.82) is 0 Å². The number of rotatable bonds is 7. The van der Waals surface area contributed by atoms with Crippen molar-refractivity contribution in [3.8, 4) is 0 Å². The zero-order chi connectivity index (χ0) is 15.8. The molecule has 1 N–H and O–H groups in total. The molecule has 1 aromatic rings. The van der Waals surface area contributed by atoms with Crippen molar-refractivity contribution in [3.05, 3.63) is 28.7 Å². The molecule has 0 fully saturated rings. The van der Waals surface area contributed by atoms with Crippen LogP contribution in [0.5, 0.6) is 0 Å². The summed E-state index contributed by atoms with van der Waals surface area (Å²) in [5, 5.41) is 2.85. The summed E-state index contributed by atoms with van der Waals surface area (Å²) in [6, 6.07) is 7.45. The van der Waals surface area contributed by atoms with Gasteiger partial charge in [-0.25, -0.2) is 0 Å². The molecule has 0 saturated carbocycles. The normalized spacial score (nSPS) is 10.5. The summed E-state index contributed by atoms with van der Waals surface area (Å²) >= 11 is 3.39. The van der Waals surface area contributed by atoms with Gasteiger partial charge in [-0.3, -0.25) is 14.5 Å². The summed E-state index contributed by atoms with van der Waals surface area (Å²) in [7, 11) is 3.43. The maximum atomic E-state index is 12.1. The van der Waals surface area contributed by atoms with Crippen LogP contribution in [0.1, 0.15) is 13.3 Å². The van der Waals surface area contributed by atoms with E-state index in [1.165, 1.54) is 4.90 Å². The number of carbonyl (C=O) groups excluding carboxylic acids is 2. The molecule has 0 spiro atoms. The van der Waals surface area contributed by atoms with Crippen LogP contribution in [-0.2, 0) is 9.59 Å². The lowest BCUT2D eigenvalue weighted by Crippen LogP contribution is -2.41. The summed E-state index contributed by atoms with van der Waals surface area (Å²) in [5.74, 6) is -0.126. The Balaban J connectivity index is 2.60. The smallest absolute Gasteiger partial charge is 0.238 e. The molecule has 0 aromatic heterocycles. The highest BCUT2D eigenvalue weighted by Gasteiger charge is 2.15. The third-order valence-electron chi connectivity index (χ3n) is 2.91. The molecule has 0 radical (unpaired) electrons. The van der Waals surface area contributed by atoms with Crippen molar-refractivity contribution in [1.82, 2.24) is 9.80 Å². The van der Waals surface area contributed by atoms with Gasteiger partial charge < -0.3 is 10.2 Å². The van der Waals surface area contributed by atoms with E-state index in [2.05, 4.69) is 21.2 Å². The fourth-order valence-electron chi connectivity index (χ4n) is 1.82. The number of nitrogens with one attached hydrogen (secondary N) is 1. The van der Waals surface area contributed by atoms with Crippen molar-refractivity contribution >= 4 is 33.4 Å². The van der Waals surface area contributed by atoms with Crippen LogP contribution in [0.2, 0.25) is 0 Å². The number of para-hydroxylation sites is 1. The number of nitrogens with zero attached hydrogens (tertiary/aromatic N) is 2. The Labute approximate surface area is 134 Å². The molecule has 5 nitrogen and oxygen atoms in total. The van der Waals surface area contributed by atoms with Crippen LogP contribution >= 0.6 is 15.9 Å². The molecular weight excluding hydrogens is 334 g/mol. The van der Waals surface area contributed by atoms with E-state index < -0.39 is 0 Å². The minimum Gasteiger partial charge on any atom is -0.348 e. The Kier molecular flexibility index (Phi) is 7.39. The number of likely N-dealkylation sites (N-methyl/N-ethyl adjacent to an activating group) is 1. The van der Waals surface area contributed by atoms with E-state index in [0.29, 0.717) is 6.54 Å². The molecule has 0 unspecified atom stereocenters. The van der Waals surface area contributed by atoms with Crippen LogP contribution in [0.15, 0.2) is 28.7 Å². The van der Waals surface area contributed by atoms with E-state index in [-0.39, 0.29) is 24.9 Å². The van der Waals surface area contributed by atoms with Gasteiger partial charge in [-0.05, 0) is 41.0 Å². The summed E-state index contributed by atoms with van der Waals surface area (Å²) in [6.07, 6.45) is 0.892. The Morgan fingerprint density at radius 1 is 1.19 bits per heavy atom. The zero-order valence-electron chi connectivity index (χ0n) is 12.7. The van der Waals surface area contributed by atoms with Crippen LogP contribution in [0, 0.1) is 0 Å². The first kappa shape index (κ1) is 17.7. The Bertz CT molecular complexity index is 492. The van der Waals surface area contributed by atoms with E-state index >= 15 is 0 Å². The van der Waals surface area contributed by atoms with E-state index in [4.69, 9.17) is 0 Å². The largest absolute Gasteiger partial charge is 0.348 e. The number of carbonyl (C=O) groups is 2. The molecule has 21 heavy (non-hydrogen) atoms. The van der Waals surface area contributed by atoms with E-state index in [1.54, 1.807) is 14.1 Å². The molecule has 0 saturated heterocycles. The maximum absolute atomic E-state index is 12.1. The van der Waals surface area contributed by atoms with Crippen molar-refractivity contribution in [2.24, 2.45) is 0 Å². The van der Waals surface area contributed by atoms with Gasteiger partial charge in [0.05, 0.1) is 18.8 Å². The zero-order valence-corrected chi connectivity index (χ0v) is 14.3. The topological polar surface area (TPSA) is 52.7 Å². The lowest BCUT2D eigenvalue weighted by molar-refractivity contribution is -0.130. The number of amides is 2. The molecule has 0 atom stereocenters. The molecule has 1 aromatic carbocycles. The number of benzene rings is 1. The number of hydrogen-bond acceptors (Lipinski definition) is 3. The maximum Gasteiger partial charge on any atom is 0.238 e. The standard InChI is InChI=1S/C15H22BrN3O2/c1-4-9-19(11-15(21)18(2)3)10-14(20)17-13-8-6-5-7-12(13)16/h5-8H,4,9-11H2,1-3H3,(H,17,20). The summed E-state index contributed by atoms with van der Waals surface area (Å²) in [5.41, 5.74) is 0.734. The Morgan fingerprint density at radius 2 is 1.86 bits per heavy atom. The van der Waals surface area contributed by atoms with Crippen molar-refractivity contribution < 1.29 is 9.59 Å². The molecular formula is C15H22BrN3O2. The summed E-state index contributed by atoms with van der Waals surface area (Å²) < 4.78 is 0.838. The highest BCUT2D eigenvalue weighted by atomic mass is 79.9. The average Bonchev–Trinajstić information content (AvgIpc) is 2.41. The molecule has 0 aliphatic carbocycles. The van der Waals surface area contributed by atoms with Gasteiger partial charge in [0.15, 0.2) is 0 Å². The van der Waals surface area contributed by atoms with Crippen molar-refractivity contribution in [2.45, 2.75) is 13.3 Å². The molecule has 0 heterocycles. The third-order valence-corrected chi connectivity index (χ3v) is 3.60. The lowest BCUT2D eigenvalue weighted by Gasteiger charge is -2.22. The van der Waals surface area contributed by atoms with E-state index in [1.807, 2.05) is 36.1 Å². The molecule has 2 amide bonds. The average molecular weight is 356 g/mol. The number of hydrogen-bond donors (Lipinski definition) is 1. The van der Waals surface area contributed by atoms with E-state index in [0.717, 1.165) is 16.6 Å². The molecule has 116 valence electrons. The van der Waals surface area contributed by atoms with Crippen LogP contribution < -0.4 is 5.32 Å². The second-order valence-corrected chi connectivity index (χ2v) is 5.88. The first-order valence-corrected chi connectivity index (χ1v) is 7.70. The van der Waals surface area contributed by atoms with Gasteiger partial charge in [-0.1, -0.05) is 19.1 Å². The minimum absolute atomic E-state index is 0.00265. The second kappa shape index (κ2) is 8.79. The SMILES string of the molecule is CCCN(CC(=O)Nc1ccccc1Br)CC(=O)N(C)C. The molecule has 0 aliphatic rings. The number of anilines is 1. The minimum atomic E-state index is -0.123. The first-order valence-electron chi connectivity index (χ1n) is 6.91. The van der Waals surface area contributed by atoms with Gasteiger partial charge in [-0.2, -0.15) is 0 Å². The van der Waals surface area contributed by atoms with Crippen molar-refractivity contribution in [2.75, 3.05) is 39.0 Å². The van der Waals surface area contributed by atoms with Gasteiger partial charge in [-0.15, -0.1) is 0 Å². The molecule has 0 bridgehead atoms. The van der Waals surface area contributed by atoms with Gasteiger partial charge in [0.2, 0.25) is 11.8 Å². The van der Waals surface area contributed by atoms with Crippen molar-refractivity contribution in [3.63, 3.8) is 0 Å². The molecule has 1 rings (SSSR count). The quantitative estimate of drug-likeness (QED) is 0.815. The predicted molar refractivity (Wildman–Crippen MR) is 88.2 cm³/mol. The Morgan fingerprint density at radius 3 is 2.43 bits per heavy atom. The van der Waals surface area contributed by atoms with Crippen LogP contribution in [0.3, 0.4) is 0 Å². The summed E-state index contributed by atoms with van der Waals surface area (Å²) in [4.78, 5) is 27.3. The predicted octanol–water partition coefficient (Wildman–Crippen LogP) is 2.19. The lowest BCUT2D eigenvalue weighted by atomic mass is 10.3. The van der Waals surface area contributed by atoms with Gasteiger partial charge in [0, 0.05) is 18.6 Å². The van der Waals surface area contributed by atoms with E-state index in [9.17, 15) is 9.59 Å². The Hall–Kier alpha value is -1.40. The molecule has 6 heteroatoms. The highest BCUT2D eigenvalue weighted by molar-refractivity contribution is 9.10. The first-order chi connectivity index (χ1) is 9.93. The van der Waals surface area contributed by atoms with Crippen LogP contribution in [-0.4, -0.2) is 55.3 Å². The monoisotopic (exact) mass is 355 g/mol. The fraction of sp³-hybridized carbons (Fsp3) is 0.467.